The Bertz CT molecular complexity index is 1930. The summed E-state index contributed by atoms with van der Waals surface area (Å²) in [7, 11) is -4.72. The molecule has 6 rings (SSSR count). The SMILES string of the molecule is C=Cc1ccc([Si](C)(C)[Si](C)(C)C)cc1.C=Cc1ccc2c(c1)OCO2.CCC(C)CC(CCc1ccc([Si](C)(C)[Si](C)(C)C)cc1)c1ccc2c(c1)OCO2.C[CH-]CC.[Li+]. The van der Waals surface area contributed by atoms with Gasteiger partial charge < -0.3 is 25.4 Å². The first-order valence-corrected chi connectivity index (χ1v) is 37.2. The molecular formula is C52H79LiO4Si4. The summed E-state index contributed by atoms with van der Waals surface area (Å²) in [6.45, 7) is 42.1. The Kier molecular flexibility index (Phi) is 22.0. The molecule has 2 heterocycles. The second kappa shape index (κ2) is 24.8. The van der Waals surface area contributed by atoms with Crippen LogP contribution in [0, 0.1) is 12.3 Å². The fourth-order valence-electron chi connectivity index (χ4n) is 6.61. The molecule has 4 aromatic rings. The third-order valence-electron chi connectivity index (χ3n) is 13.4. The van der Waals surface area contributed by atoms with Crippen molar-refractivity contribution in [3.05, 3.63) is 127 Å². The second-order valence-electron chi connectivity index (χ2n) is 19.5. The Morgan fingerprint density at radius 2 is 1.03 bits per heavy atom. The van der Waals surface area contributed by atoms with Gasteiger partial charge in [0.05, 0.1) is 15.2 Å². The van der Waals surface area contributed by atoms with Crippen LogP contribution >= 0.6 is 0 Å². The fraction of sp³-hybridized carbons (Fsp3) is 0.442. The summed E-state index contributed by atoms with van der Waals surface area (Å²) in [5, 5.41) is 3.21. The summed E-state index contributed by atoms with van der Waals surface area (Å²) in [6, 6.07) is 30.9. The first-order chi connectivity index (χ1) is 28.2. The number of hydrogen-bond donors (Lipinski definition) is 0. The Hall–Kier alpha value is -2.98. The number of unbranched alkanes of at least 4 members (excludes halogenated alkanes) is 1. The number of hydrogen-bond acceptors (Lipinski definition) is 4. The fourth-order valence-corrected chi connectivity index (χ4v) is 16.5. The molecule has 0 bridgehead atoms. The minimum atomic E-state index is -1.32. The third-order valence-corrected chi connectivity index (χ3v) is 48.7. The molecule has 0 radical (unpaired) electrons. The van der Waals surface area contributed by atoms with Gasteiger partial charge in [0.15, 0.2) is 23.0 Å². The molecule has 0 spiro atoms. The molecule has 0 N–H and O–H groups in total. The summed E-state index contributed by atoms with van der Waals surface area (Å²) in [4.78, 5) is 0. The molecule has 0 aliphatic carbocycles. The summed E-state index contributed by atoms with van der Waals surface area (Å²) >= 11 is 0. The van der Waals surface area contributed by atoms with Crippen LogP contribution in [-0.2, 0) is 6.42 Å². The number of aryl methyl sites for hydroxylation is 1. The minimum absolute atomic E-state index is 0. The third kappa shape index (κ3) is 15.7. The summed E-state index contributed by atoms with van der Waals surface area (Å²) < 4.78 is 21.5. The van der Waals surface area contributed by atoms with Crippen LogP contribution in [-0.4, -0.2) is 44.0 Å². The number of ether oxygens (including phenoxy) is 4. The van der Waals surface area contributed by atoms with Crippen LogP contribution in [0.15, 0.2) is 98.1 Å². The molecule has 2 unspecified atom stereocenters. The largest absolute Gasteiger partial charge is 1.00 e. The van der Waals surface area contributed by atoms with Crippen molar-refractivity contribution in [2.75, 3.05) is 13.6 Å². The number of benzene rings is 4. The average molecular weight is 887 g/mol. The van der Waals surface area contributed by atoms with Gasteiger partial charge in [-0.25, -0.2) is 0 Å². The smallest absolute Gasteiger partial charge is 0.454 e. The Morgan fingerprint density at radius 1 is 0.607 bits per heavy atom. The van der Waals surface area contributed by atoms with Gasteiger partial charge >= 0.3 is 18.9 Å². The predicted molar refractivity (Wildman–Crippen MR) is 275 cm³/mol. The molecule has 0 fully saturated rings. The van der Waals surface area contributed by atoms with Crippen molar-refractivity contribution < 1.29 is 37.8 Å². The monoisotopic (exact) mass is 887 g/mol. The average Bonchev–Trinajstić information content (AvgIpc) is 3.91. The van der Waals surface area contributed by atoms with E-state index in [4.69, 9.17) is 18.9 Å². The first-order valence-electron chi connectivity index (χ1n) is 22.2. The van der Waals surface area contributed by atoms with Crippen molar-refractivity contribution in [2.45, 2.75) is 131 Å². The molecule has 2 aliphatic rings. The van der Waals surface area contributed by atoms with Crippen molar-refractivity contribution in [3.8, 4) is 23.0 Å². The topological polar surface area (TPSA) is 36.9 Å². The molecule has 9 heteroatoms. The van der Waals surface area contributed by atoms with E-state index >= 15 is 0 Å². The maximum atomic E-state index is 5.64. The van der Waals surface area contributed by atoms with Gasteiger partial charge in [-0.15, -0.1) is 0 Å². The van der Waals surface area contributed by atoms with Crippen LogP contribution in [0.1, 0.15) is 81.5 Å². The maximum Gasteiger partial charge on any atom is 1.00 e. The quantitative estimate of drug-likeness (QED) is 0.0934. The maximum absolute atomic E-state index is 5.64. The van der Waals surface area contributed by atoms with Gasteiger partial charge in [-0.3, -0.25) is 0 Å². The van der Waals surface area contributed by atoms with Crippen molar-refractivity contribution in [3.63, 3.8) is 0 Å². The molecule has 2 atom stereocenters. The molecule has 0 aromatic heterocycles. The molecule has 328 valence electrons. The van der Waals surface area contributed by atoms with E-state index in [0.717, 1.165) is 40.9 Å². The zero-order valence-electron chi connectivity index (χ0n) is 41.0. The van der Waals surface area contributed by atoms with E-state index < -0.39 is 30.4 Å². The zero-order chi connectivity index (χ0) is 44.7. The van der Waals surface area contributed by atoms with Crippen molar-refractivity contribution >= 4 is 52.9 Å². The molecular weight excluding hydrogens is 808 g/mol. The Balaban J connectivity index is 0.000000341. The predicted octanol–water partition coefficient (Wildman–Crippen LogP) is 11.2. The van der Waals surface area contributed by atoms with E-state index in [2.05, 4.69) is 179 Å². The van der Waals surface area contributed by atoms with Crippen molar-refractivity contribution in [1.82, 2.24) is 0 Å². The van der Waals surface area contributed by atoms with Crippen molar-refractivity contribution in [2.24, 2.45) is 5.92 Å². The molecule has 4 nitrogen and oxygen atoms in total. The van der Waals surface area contributed by atoms with Crippen LogP contribution in [0.4, 0.5) is 0 Å². The number of rotatable bonds is 14. The van der Waals surface area contributed by atoms with Crippen LogP contribution < -0.4 is 48.2 Å². The summed E-state index contributed by atoms with van der Waals surface area (Å²) in [5.41, 5.74) is 5.13. The van der Waals surface area contributed by atoms with E-state index in [1.807, 2.05) is 24.3 Å². The second-order valence-corrected chi connectivity index (χ2v) is 52.7. The van der Waals surface area contributed by atoms with E-state index in [0.29, 0.717) is 19.5 Å². The normalized spacial score (nSPS) is 13.7. The van der Waals surface area contributed by atoms with E-state index in [1.54, 1.807) is 16.4 Å². The van der Waals surface area contributed by atoms with Gasteiger partial charge in [-0.1, -0.05) is 189 Å². The van der Waals surface area contributed by atoms with Gasteiger partial charge in [-0.2, -0.15) is 13.3 Å². The van der Waals surface area contributed by atoms with E-state index in [1.165, 1.54) is 42.4 Å². The molecule has 0 amide bonds. The minimum Gasteiger partial charge on any atom is -0.454 e. The van der Waals surface area contributed by atoms with Crippen LogP contribution in [0.5, 0.6) is 23.0 Å². The van der Waals surface area contributed by atoms with Gasteiger partial charge in [-0.05, 0) is 77.6 Å². The van der Waals surface area contributed by atoms with Crippen LogP contribution in [0.3, 0.4) is 0 Å². The summed E-state index contributed by atoms with van der Waals surface area (Å²) in [5.74, 6) is 4.70. The standard InChI is InChI=1S/C26H40O2Si2.C13H22Si2.C9H8O2.C4H9.Li/c1-8-20(2)17-22(23-13-16-25-26(18-23)28-19-27-25)12-9-21-10-14-24(15-11-21)30(6,7)29(3,4)5;1-7-12-8-10-13(11-9-12)15(5,6)14(2,3)4;1-2-7-3-4-8-9(5-7)11-6-10-8;1-3-4-2;/h10-11,13-16,18,20,22H,8-9,12,17,19H2,1-7H3;7-11H,1H2,2-6H3;2-5H,1,6H2;3H,4H2,1-2H3;/q;;;-1;+1. The van der Waals surface area contributed by atoms with Crippen molar-refractivity contribution in [1.29, 1.82) is 0 Å². The van der Waals surface area contributed by atoms with E-state index in [9.17, 15) is 0 Å². The van der Waals surface area contributed by atoms with Crippen LogP contribution in [0.2, 0.25) is 65.5 Å². The molecule has 4 aromatic carbocycles. The van der Waals surface area contributed by atoms with Gasteiger partial charge in [0, 0.05) is 15.2 Å². The van der Waals surface area contributed by atoms with Gasteiger partial charge in [0.2, 0.25) is 13.6 Å². The Labute approximate surface area is 388 Å². The first kappa shape index (κ1) is 54.2. The molecule has 0 saturated carbocycles. The number of fused-ring (bicyclic) bond motifs is 2. The molecule has 0 saturated heterocycles. The molecule has 2 aliphatic heterocycles. The van der Waals surface area contributed by atoms with E-state index in [-0.39, 0.29) is 18.9 Å². The van der Waals surface area contributed by atoms with Gasteiger partial charge in [0.1, 0.15) is 0 Å². The zero-order valence-corrected chi connectivity index (χ0v) is 45.0. The Morgan fingerprint density at radius 3 is 1.48 bits per heavy atom. The molecule has 61 heavy (non-hydrogen) atoms. The van der Waals surface area contributed by atoms with Gasteiger partial charge in [0.25, 0.3) is 0 Å². The van der Waals surface area contributed by atoms with Crippen LogP contribution in [0.25, 0.3) is 12.2 Å². The summed E-state index contributed by atoms with van der Waals surface area (Å²) in [6.07, 6.45) is 11.8.